The molecule has 0 spiro atoms. The van der Waals surface area contributed by atoms with Crippen LogP contribution in [0.25, 0.3) is 0 Å². The van der Waals surface area contributed by atoms with Gasteiger partial charge in [-0.1, -0.05) is 48.5 Å². The Morgan fingerprint density at radius 3 is 1.00 bits per heavy atom. The third-order valence-corrected chi connectivity index (χ3v) is 6.95. The van der Waals surface area contributed by atoms with Crippen LogP contribution >= 0.6 is 0 Å². The average Bonchev–Trinajstić information content (AvgIpc) is 2.79. The zero-order chi connectivity index (χ0) is 24.2. The number of benzene rings is 4. The molecule has 4 aromatic rings. The summed E-state index contributed by atoms with van der Waals surface area (Å²) < 4.78 is 0. The molecule has 0 heterocycles. The predicted molar refractivity (Wildman–Crippen MR) is 147 cm³/mol. The number of rotatable bonds is 7. The van der Waals surface area contributed by atoms with Gasteiger partial charge in [0, 0.05) is 11.4 Å². The highest BCUT2D eigenvalue weighted by molar-refractivity contribution is 5.51. The molecule has 0 fully saturated rings. The summed E-state index contributed by atoms with van der Waals surface area (Å²) in [4.78, 5) is 0. The van der Waals surface area contributed by atoms with E-state index in [1.807, 2.05) is 0 Å². The van der Waals surface area contributed by atoms with Crippen molar-refractivity contribution in [3.05, 3.63) is 128 Å². The molecule has 0 unspecified atom stereocenters. The van der Waals surface area contributed by atoms with Crippen LogP contribution in [0.1, 0.15) is 55.6 Å². The molecule has 174 valence electrons. The molecule has 0 atom stereocenters. The Balaban J connectivity index is 1.35. The van der Waals surface area contributed by atoms with Gasteiger partial charge in [-0.15, -0.1) is 0 Å². The van der Waals surface area contributed by atoms with E-state index in [1.165, 1.54) is 55.6 Å². The van der Waals surface area contributed by atoms with Crippen molar-refractivity contribution in [2.45, 2.75) is 53.4 Å². The Labute approximate surface area is 204 Å². The fraction of sp³-hybridized carbons (Fsp3) is 0.250. The molecule has 0 saturated heterocycles. The molecular weight excluding hydrogens is 412 g/mol. The third kappa shape index (κ3) is 5.69. The van der Waals surface area contributed by atoms with Crippen LogP contribution in [0.3, 0.4) is 0 Å². The summed E-state index contributed by atoms with van der Waals surface area (Å²) in [5.41, 5.74) is 26.9. The van der Waals surface area contributed by atoms with Gasteiger partial charge in [-0.05, 0) is 133 Å². The van der Waals surface area contributed by atoms with Crippen LogP contribution in [0.2, 0.25) is 0 Å². The summed E-state index contributed by atoms with van der Waals surface area (Å²) in [6.45, 7) is 8.60. The molecule has 2 nitrogen and oxygen atoms in total. The lowest BCUT2D eigenvalue weighted by Crippen LogP contribution is -1.99. The highest BCUT2D eigenvalue weighted by atomic mass is 14.5. The van der Waals surface area contributed by atoms with Crippen LogP contribution in [-0.2, 0) is 25.7 Å². The smallest absolute Gasteiger partial charge is 0.0319 e. The summed E-state index contributed by atoms with van der Waals surface area (Å²) in [6, 6.07) is 26.5. The van der Waals surface area contributed by atoms with E-state index in [4.69, 9.17) is 11.5 Å². The standard InChI is InChI=1S/C32H36N2/c1-21-15-29(33)16-22(2)31(21)19-27-11-7-25(8-12-27)5-6-26-9-13-28(14-10-26)20-32-23(3)17-30(34)18-24(32)4/h7-18H,5-6,19-20,33-34H2,1-4H3. The first kappa shape index (κ1) is 23.6. The third-order valence-electron chi connectivity index (χ3n) is 6.95. The van der Waals surface area contributed by atoms with E-state index in [0.29, 0.717) is 0 Å². The number of hydrogen-bond acceptors (Lipinski definition) is 2. The van der Waals surface area contributed by atoms with E-state index in [9.17, 15) is 0 Å². The molecule has 0 aliphatic carbocycles. The van der Waals surface area contributed by atoms with Crippen molar-refractivity contribution in [1.82, 2.24) is 0 Å². The number of nitrogens with two attached hydrogens (primary N) is 2. The van der Waals surface area contributed by atoms with Crippen molar-refractivity contribution < 1.29 is 0 Å². The first-order valence-corrected chi connectivity index (χ1v) is 12.2. The predicted octanol–water partition coefficient (Wildman–Crippen LogP) is 7.05. The molecule has 34 heavy (non-hydrogen) atoms. The largest absolute Gasteiger partial charge is 0.399 e. The number of hydrogen-bond donors (Lipinski definition) is 2. The van der Waals surface area contributed by atoms with Crippen molar-refractivity contribution in [3.8, 4) is 0 Å². The van der Waals surface area contributed by atoms with Gasteiger partial charge in [0.2, 0.25) is 0 Å². The second-order valence-electron chi connectivity index (χ2n) is 9.75. The molecule has 4 N–H and O–H groups in total. The topological polar surface area (TPSA) is 52.0 Å². The van der Waals surface area contributed by atoms with E-state index in [2.05, 4.69) is 100 Å². The van der Waals surface area contributed by atoms with Crippen molar-refractivity contribution in [2.24, 2.45) is 0 Å². The minimum absolute atomic E-state index is 0.845. The summed E-state index contributed by atoms with van der Waals surface area (Å²) in [7, 11) is 0. The van der Waals surface area contributed by atoms with E-state index in [-0.39, 0.29) is 0 Å². The van der Waals surface area contributed by atoms with Gasteiger partial charge in [-0.25, -0.2) is 0 Å². The van der Waals surface area contributed by atoms with Gasteiger partial charge in [0.1, 0.15) is 0 Å². The van der Waals surface area contributed by atoms with Gasteiger partial charge in [-0.3, -0.25) is 0 Å². The maximum absolute atomic E-state index is 5.98. The monoisotopic (exact) mass is 448 g/mol. The molecule has 0 aliphatic heterocycles. The molecule has 0 radical (unpaired) electrons. The van der Waals surface area contributed by atoms with E-state index in [0.717, 1.165) is 37.1 Å². The van der Waals surface area contributed by atoms with E-state index < -0.39 is 0 Å². The summed E-state index contributed by atoms with van der Waals surface area (Å²) >= 11 is 0. The second-order valence-corrected chi connectivity index (χ2v) is 9.75. The van der Waals surface area contributed by atoms with Crippen molar-refractivity contribution in [3.63, 3.8) is 0 Å². The van der Waals surface area contributed by atoms with Crippen LogP contribution in [0.4, 0.5) is 11.4 Å². The van der Waals surface area contributed by atoms with Gasteiger partial charge in [0.05, 0.1) is 0 Å². The molecule has 4 rings (SSSR count). The maximum atomic E-state index is 5.98. The summed E-state index contributed by atoms with van der Waals surface area (Å²) in [6.07, 6.45) is 4.00. The van der Waals surface area contributed by atoms with E-state index >= 15 is 0 Å². The average molecular weight is 449 g/mol. The molecule has 2 heteroatoms. The zero-order valence-electron chi connectivity index (χ0n) is 20.9. The van der Waals surface area contributed by atoms with Crippen molar-refractivity contribution >= 4 is 11.4 Å². The van der Waals surface area contributed by atoms with Gasteiger partial charge >= 0.3 is 0 Å². The Hall–Kier alpha value is -3.52. The Morgan fingerprint density at radius 1 is 0.441 bits per heavy atom. The lowest BCUT2D eigenvalue weighted by molar-refractivity contribution is 0.955. The molecule has 4 aromatic carbocycles. The fourth-order valence-corrected chi connectivity index (χ4v) is 4.96. The molecule has 0 aliphatic rings. The van der Waals surface area contributed by atoms with E-state index in [1.54, 1.807) is 0 Å². The maximum Gasteiger partial charge on any atom is 0.0319 e. The van der Waals surface area contributed by atoms with Crippen molar-refractivity contribution in [2.75, 3.05) is 11.5 Å². The van der Waals surface area contributed by atoms with Gasteiger partial charge in [0.25, 0.3) is 0 Å². The van der Waals surface area contributed by atoms with Gasteiger partial charge in [0.15, 0.2) is 0 Å². The van der Waals surface area contributed by atoms with Crippen LogP contribution in [0, 0.1) is 27.7 Å². The normalized spacial score (nSPS) is 11.1. The molecule has 0 saturated carbocycles. The number of aryl methyl sites for hydroxylation is 6. The lowest BCUT2D eigenvalue weighted by Gasteiger charge is -2.12. The number of anilines is 2. The Kier molecular flexibility index (Phi) is 7.07. The van der Waals surface area contributed by atoms with Gasteiger partial charge < -0.3 is 11.5 Å². The SMILES string of the molecule is Cc1cc(N)cc(C)c1Cc1ccc(CCc2ccc(Cc3c(C)cc(N)cc3C)cc2)cc1. The highest BCUT2D eigenvalue weighted by Gasteiger charge is 2.07. The second kappa shape index (κ2) is 10.2. The fourth-order valence-electron chi connectivity index (χ4n) is 4.96. The number of nitrogen functional groups attached to an aromatic ring is 2. The van der Waals surface area contributed by atoms with Crippen LogP contribution in [0.5, 0.6) is 0 Å². The van der Waals surface area contributed by atoms with Crippen LogP contribution < -0.4 is 11.5 Å². The molecule has 0 aromatic heterocycles. The van der Waals surface area contributed by atoms with Gasteiger partial charge in [-0.2, -0.15) is 0 Å². The Morgan fingerprint density at radius 2 is 0.706 bits per heavy atom. The first-order valence-electron chi connectivity index (χ1n) is 12.2. The highest BCUT2D eigenvalue weighted by Crippen LogP contribution is 2.23. The minimum atomic E-state index is 0.845. The molecule has 0 bridgehead atoms. The lowest BCUT2D eigenvalue weighted by atomic mass is 9.94. The summed E-state index contributed by atoms with van der Waals surface area (Å²) in [5.74, 6) is 0. The zero-order valence-corrected chi connectivity index (χ0v) is 20.9. The van der Waals surface area contributed by atoms with Crippen LogP contribution in [-0.4, -0.2) is 0 Å². The Bertz CT molecular complexity index is 1130. The molecule has 0 amide bonds. The quantitative estimate of drug-likeness (QED) is 0.298. The first-order chi connectivity index (χ1) is 16.3. The van der Waals surface area contributed by atoms with Crippen molar-refractivity contribution in [1.29, 1.82) is 0 Å². The molecular formula is C32H36N2. The minimum Gasteiger partial charge on any atom is -0.399 e. The van der Waals surface area contributed by atoms with Crippen LogP contribution in [0.15, 0.2) is 72.8 Å². The summed E-state index contributed by atoms with van der Waals surface area (Å²) in [5, 5.41) is 0.